The highest BCUT2D eigenvalue weighted by Gasteiger charge is 2.02. The summed E-state index contributed by atoms with van der Waals surface area (Å²) in [4.78, 5) is 4.29. The molecular formula is C12H15N. The largest absolute Gasteiger partial charge is 0.261 e. The first-order chi connectivity index (χ1) is 6.34. The fourth-order valence-electron chi connectivity index (χ4n) is 1.12. The molecule has 1 aromatic rings. The Hall–Kier alpha value is -1.29. The summed E-state index contributed by atoms with van der Waals surface area (Å²) in [5.74, 6) is 6.66. The Balaban J connectivity index is 2.54. The fourth-order valence-corrected chi connectivity index (χ4v) is 1.12. The van der Waals surface area contributed by atoms with Crippen LogP contribution < -0.4 is 0 Å². The first kappa shape index (κ1) is 9.80. The van der Waals surface area contributed by atoms with Crippen LogP contribution in [0.4, 0.5) is 0 Å². The molecule has 0 aliphatic heterocycles. The first-order valence-corrected chi connectivity index (χ1v) is 4.71. The molecule has 0 spiro atoms. The number of hydrogen-bond donors (Lipinski definition) is 0. The summed E-state index contributed by atoms with van der Waals surface area (Å²) in [6.45, 7) is 4.23. The molecule has 0 saturated heterocycles. The van der Waals surface area contributed by atoms with Crippen molar-refractivity contribution in [3.8, 4) is 11.8 Å². The Kier molecular flexibility index (Phi) is 4.05. The molecule has 0 aromatic carbocycles. The number of pyridine rings is 1. The van der Waals surface area contributed by atoms with Crippen LogP contribution in [0.25, 0.3) is 0 Å². The third-order valence-corrected chi connectivity index (χ3v) is 1.90. The smallest absolute Gasteiger partial charge is 0.0441 e. The molecular weight excluding hydrogens is 158 g/mol. The zero-order chi connectivity index (χ0) is 9.52. The Morgan fingerprint density at radius 2 is 2.23 bits per heavy atom. The number of nitrogens with zero attached hydrogens (tertiary/aromatic N) is 1. The van der Waals surface area contributed by atoms with Crippen LogP contribution in [0.5, 0.6) is 0 Å². The van der Waals surface area contributed by atoms with Crippen LogP contribution in [-0.4, -0.2) is 4.98 Å². The molecule has 1 nitrogen and oxygen atoms in total. The molecule has 1 aromatic heterocycles. The second-order valence-electron chi connectivity index (χ2n) is 3.07. The third kappa shape index (κ3) is 3.29. The van der Waals surface area contributed by atoms with Crippen LogP contribution in [0.15, 0.2) is 24.4 Å². The highest BCUT2D eigenvalue weighted by atomic mass is 14.7. The average Bonchev–Trinajstić information content (AvgIpc) is 2.19. The van der Waals surface area contributed by atoms with E-state index < -0.39 is 0 Å². The van der Waals surface area contributed by atoms with Gasteiger partial charge in [0, 0.05) is 30.7 Å². The van der Waals surface area contributed by atoms with Crippen molar-refractivity contribution in [2.24, 2.45) is 0 Å². The quantitative estimate of drug-likeness (QED) is 0.626. The molecule has 1 rings (SSSR count). The monoisotopic (exact) mass is 173 g/mol. The van der Waals surface area contributed by atoms with Gasteiger partial charge < -0.3 is 0 Å². The molecule has 1 atom stereocenters. The van der Waals surface area contributed by atoms with Gasteiger partial charge in [-0.1, -0.05) is 19.9 Å². The maximum atomic E-state index is 4.29. The van der Waals surface area contributed by atoms with Crippen molar-refractivity contribution in [2.45, 2.75) is 32.6 Å². The molecule has 1 heterocycles. The highest BCUT2D eigenvalue weighted by molar-refractivity contribution is 5.12. The van der Waals surface area contributed by atoms with Crippen LogP contribution in [0.1, 0.15) is 38.3 Å². The van der Waals surface area contributed by atoms with Gasteiger partial charge in [-0.2, -0.15) is 0 Å². The van der Waals surface area contributed by atoms with Crippen LogP contribution in [-0.2, 0) is 0 Å². The van der Waals surface area contributed by atoms with Gasteiger partial charge in [0.2, 0.25) is 0 Å². The minimum Gasteiger partial charge on any atom is -0.261 e. The second kappa shape index (κ2) is 5.37. The van der Waals surface area contributed by atoms with Gasteiger partial charge in [0.25, 0.3) is 0 Å². The molecule has 0 fully saturated rings. The van der Waals surface area contributed by atoms with E-state index in [0.717, 1.165) is 18.5 Å². The summed E-state index contributed by atoms with van der Waals surface area (Å²) >= 11 is 0. The van der Waals surface area contributed by atoms with Gasteiger partial charge in [0.1, 0.15) is 0 Å². The molecule has 0 saturated carbocycles. The SMILES string of the molecule is CCC#CCC(C)c1ccccn1. The summed E-state index contributed by atoms with van der Waals surface area (Å²) in [6.07, 6.45) is 3.68. The van der Waals surface area contributed by atoms with Crippen molar-refractivity contribution in [3.63, 3.8) is 0 Å². The molecule has 1 heteroatoms. The van der Waals surface area contributed by atoms with Crippen LogP contribution in [0.2, 0.25) is 0 Å². The Labute approximate surface area is 80.2 Å². The van der Waals surface area contributed by atoms with E-state index in [1.165, 1.54) is 0 Å². The summed E-state index contributed by atoms with van der Waals surface area (Å²) in [6, 6.07) is 6.01. The van der Waals surface area contributed by atoms with Gasteiger partial charge in [0.05, 0.1) is 0 Å². The molecule has 1 unspecified atom stereocenters. The van der Waals surface area contributed by atoms with E-state index in [4.69, 9.17) is 0 Å². The average molecular weight is 173 g/mol. The Morgan fingerprint density at radius 3 is 2.85 bits per heavy atom. The van der Waals surface area contributed by atoms with Gasteiger partial charge in [-0.15, -0.1) is 11.8 Å². The van der Waals surface area contributed by atoms with Crippen molar-refractivity contribution in [2.75, 3.05) is 0 Å². The highest BCUT2D eigenvalue weighted by Crippen LogP contribution is 2.14. The van der Waals surface area contributed by atoms with E-state index in [1.807, 2.05) is 18.3 Å². The Morgan fingerprint density at radius 1 is 1.38 bits per heavy atom. The lowest BCUT2D eigenvalue weighted by atomic mass is 10.0. The predicted octanol–water partition coefficient (Wildman–Crippen LogP) is 2.99. The van der Waals surface area contributed by atoms with Crippen LogP contribution >= 0.6 is 0 Å². The standard InChI is InChI=1S/C12H15N/c1-3-4-5-8-11(2)12-9-6-7-10-13-12/h6-7,9-11H,3,8H2,1-2H3. The maximum Gasteiger partial charge on any atom is 0.0441 e. The molecule has 68 valence electrons. The summed E-state index contributed by atoms with van der Waals surface area (Å²) in [7, 11) is 0. The molecule has 0 radical (unpaired) electrons. The number of aromatic nitrogens is 1. The molecule has 0 N–H and O–H groups in total. The van der Waals surface area contributed by atoms with Gasteiger partial charge >= 0.3 is 0 Å². The van der Waals surface area contributed by atoms with Crippen molar-refractivity contribution >= 4 is 0 Å². The first-order valence-electron chi connectivity index (χ1n) is 4.71. The number of rotatable bonds is 2. The van der Waals surface area contributed by atoms with E-state index in [9.17, 15) is 0 Å². The van der Waals surface area contributed by atoms with E-state index >= 15 is 0 Å². The lowest BCUT2D eigenvalue weighted by molar-refractivity contribution is 0.762. The van der Waals surface area contributed by atoms with Crippen molar-refractivity contribution in [1.82, 2.24) is 4.98 Å². The predicted molar refractivity (Wildman–Crippen MR) is 55.3 cm³/mol. The van der Waals surface area contributed by atoms with Gasteiger partial charge in [-0.25, -0.2) is 0 Å². The van der Waals surface area contributed by atoms with Crippen molar-refractivity contribution in [3.05, 3.63) is 30.1 Å². The molecule has 0 aliphatic carbocycles. The topological polar surface area (TPSA) is 12.9 Å². The van der Waals surface area contributed by atoms with Crippen LogP contribution in [0, 0.1) is 11.8 Å². The van der Waals surface area contributed by atoms with Gasteiger partial charge in [-0.3, -0.25) is 4.98 Å². The molecule has 13 heavy (non-hydrogen) atoms. The van der Waals surface area contributed by atoms with Crippen molar-refractivity contribution in [1.29, 1.82) is 0 Å². The third-order valence-electron chi connectivity index (χ3n) is 1.90. The second-order valence-corrected chi connectivity index (χ2v) is 3.07. The Bertz CT molecular complexity index is 292. The van der Waals surface area contributed by atoms with Gasteiger partial charge in [0.15, 0.2) is 0 Å². The summed E-state index contributed by atoms with van der Waals surface area (Å²) < 4.78 is 0. The minimum atomic E-state index is 0.445. The lowest BCUT2D eigenvalue weighted by Crippen LogP contribution is -1.94. The zero-order valence-corrected chi connectivity index (χ0v) is 8.25. The number of hydrogen-bond acceptors (Lipinski definition) is 1. The van der Waals surface area contributed by atoms with E-state index in [-0.39, 0.29) is 0 Å². The fraction of sp³-hybridized carbons (Fsp3) is 0.417. The maximum absolute atomic E-state index is 4.29. The summed E-state index contributed by atoms with van der Waals surface area (Å²) in [5.41, 5.74) is 1.13. The van der Waals surface area contributed by atoms with E-state index in [1.54, 1.807) is 0 Å². The van der Waals surface area contributed by atoms with Crippen LogP contribution in [0.3, 0.4) is 0 Å². The molecule has 0 bridgehead atoms. The van der Waals surface area contributed by atoms with Gasteiger partial charge in [-0.05, 0) is 12.1 Å². The normalized spacial score (nSPS) is 11.5. The molecule has 0 aliphatic rings. The van der Waals surface area contributed by atoms with E-state index in [0.29, 0.717) is 5.92 Å². The zero-order valence-electron chi connectivity index (χ0n) is 8.25. The minimum absolute atomic E-state index is 0.445. The molecule has 0 amide bonds. The lowest BCUT2D eigenvalue weighted by Gasteiger charge is -2.05. The van der Waals surface area contributed by atoms with Crippen molar-refractivity contribution < 1.29 is 0 Å². The van der Waals surface area contributed by atoms with E-state index in [2.05, 4.69) is 36.7 Å². The summed E-state index contributed by atoms with van der Waals surface area (Å²) in [5, 5.41) is 0.